The molecule has 0 aliphatic carbocycles. The third-order valence-corrected chi connectivity index (χ3v) is 3.51. The van der Waals surface area contributed by atoms with Gasteiger partial charge in [0.15, 0.2) is 0 Å². The Morgan fingerprint density at radius 1 is 1.44 bits per heavy atom. The van der Waals surface area contributed by atoms with Crippen molar-refractivity contribution in [1.29, 1.82) is 0 Å². The Morgan fingerprint density at radius 2 is 2.06 bits per heavy atom. The molecule has 0 fully saturated rings. The summed E-state index contributed by atoms with van der Waals surface area (Å²) in [6, 6.07) is 9.96. The standard InChI is InChI=1S/C13H18NOP/c1-11(10-16(2)3)13(15)14-9-12-7-5-4-6-8-12/h4-8,11H,2,9-10H2,1,3H3/p+1. The van der Waals surface area contributed by atoms with Gasteiger partial charge in [-0.2, -0.15) is 0 Å². The molecule has 0 bridgehead atoms. The van der Waals surface area contributed by atoms with Gasteiger partial charge in [0.2, 0.25) is 5.91 Å². The first-order valence-corrected chi connectivity index (χ1v) is 7.59. The lowest BCUT2D eigenvalue weighted by Crippen LogP contribution is -2.29. The number of amides is 1. The Balaban J connectivity index is 2.38. The molecule has 0 saturated heterocycles. The van der Waals surface area contributed by atoms with E-state index in [9.17, 15) is 4.79 Å². The summed E-state index contributed by atoms with van der Waals surface area (Å²) >= 11 is 0. The smallest absolute Gasteiger partial charge is 0.227 e. The average Bonchev–Trinajstić information content (AvgIpc) is 2.26. The van der Waals surface area contributed by atoms with Gasteiger partial charge in [-0.05, 0) is 12.5 Å². The number of benzene rings is 1. The number of hydrogen-bond acceptors (Lipinski definition) is 1. The fourth-order valence-electron chi connectivity index (χ4n) is 1.51. The Labute approximate surface area is 98.5 Å². The third kappa shape index (κ3) is 4.59. The van der Waals surface area contributed by atoms with Crippen molar-refractivity contribution in [3.8, 4) is 0 Å². The van der Waals surface area contributed by atoms with Gasteiger partial charge < -0.3 is 5.32 Å². The van der Waals surface area contributed by atoms with Crippen molar-refractivity contribution >= 4 is 19.8 Å². The van der Waals surface area contributed by atoms with Crippen LogP contribution in [0, 0.1) is 5.92 Å². The van der Waals surface area contributed by atoms with Gasteiger partial charge in [-0.25, -0.2) is 0 Å². The second-order valence-corrected chi connectivity index (χ2v) is 6.22. The first-order valence-electron chi connectivity index (χ1n) is 5.43. The number of carbonyl (C=O) groups excluding carboxylic acids is 1. The van der Waals surface area contributed by atoms with Crippen molar-refractivity contribution in [3.63, 3.8) is 0 Å². The molecule has 2 unspecified atom stereocenters. The molecular formula is C13H19NOP+. The summed E-state index contributed by atoms with van der Waals surface area (Å²) in [6.45, 7) is 4.67. The van der Waals surface area contributed by atoms with Gasteiger partial charge in [0.25, 0.3) is 0 Å². The molecule has 2 atom stereocenters. The van der Waals surface area contributed by atoms with E-state index in [-0.39, 0.29) is 19.4 Å². The van der Waals surface area contributed by atoms with E-state index in [1.54, 1.807) is 0 Å². The maximum Gasteiger partial charge on any atom is 0.227 e. The fourth-order valence-corrected chi connectivity index (χ4v) is 2.61. The summed E-state index contributed by atoms with van der Waals surface area (Å²) in [5, 5.41) is 2.95. The zero-order valence-corrected chi connectivity index (χ0v) is 10.8. The number of hydrogen-bond donors (Lipinski definition) is 1. The van der Waals surface area contributed by atoms with E-state index in [2.05, 4.69) is 18.3 Å². The number of rotatable bonds is 5. The van der Waals surface area contributed by atoms with Gasteiger partial charge in [0, 0.05) is 6.54 Å². The van der Waals surface area contributed by atoms with Gasteiger partial charge in [-0.1, -0.05) is 30.3 Å². The third-order valence-electron chi connectivity index (χ3n) is 2.34. The molecule has 3 heteroatoms. The molecular weight excluding hydrogens is 217 g/mol. The molecule has 0 aromatic heterocycles. The summed E-state index contributed by atoms with van der Waals surface area (Å²) in [7, 11) is -0.248. The van der Waals surface area contributed by atoms with Crippen LogP contribution in [0.1, 0.15) is 12.5 Å². The molecule has 1 aromatic carbocycles. The molecule has 1 amide bonds. The molecule has 0 spiro atoms. The largest absolute Gasteiger partial charge is 0.352 e. The zero-order valence-electron chi connectivity index (χ0n) is 9.94. The molecule has 1 rings (SSSR count). The second kappa shape index (κ2) is 6.44. The van der Waals surface area contributed by atoms with Crippen molar-refractivity contribution < 1.29 is 4.79 Å². The maximum absolute atomic E-state index is 11.7. The molecule has 0 aliphatic rings. The van der Waals surface area contributed by atoms with Crippen LogP contribution in [0.15, 0.2) is 30.3 Å². The predicted molar refractivity (Wildman–Crippen MR) is 72.3 cm³/mol. The van der Waals surface area contributed by atoms with Crippen molar-refractivity contribution in [1.82, 2.24) is 5.32 Å². The van der Waals surface area contributed by atoms with E-state index < -0.39 is 0 Å². The molecule has 86 valence electrons. The lowest BCUT2D eigenvalue weighted by atomic mass is 10.2. The summed E-state index contributed by atoms with van der Waals surface area (Å²) < 4.78 is 0. The highest BCUT2D eigenvalue weighted by molar-refractivity contribution is 7.55. The van der Waals surface area contributed by atoms with Crippen LogP contribution in [0.5, 0.6) is 0 Å². The highest BCUT2D eigenvalue weighted by Crippen LogP contribution is 2.17. The predicted octanol–water partition coefficient (Wildman–Crippen LogP) is 2.48. The summed E-state index contributed by atoms with van der Waals surface area (Å²) in [5.41, 5.74) is 1.14. The van der Waals surface area contributed by atoms with Crippen LogP contribution < -0.4 is 5.32 Å². The first-order chi connectivity index (χ1) is 7.59. The number of carbonyl (C=O) groups is 1. The Morgan fingerprint density at radius 3 is 2.62 bits per heavy atom. The summed E-state index contributed by atoms with van der Waals surface area (Å²) in [6.07, 6.45) is 4.86. The van der Waals surface area contributed by atoms with Gasteiger partial charge in [-0.15, -0.1) is 0 Å². The lowest BCUT2D eigenvalue weighted by Gasteiger charge is -2.08. The van der Waals surface area contributed by atoms with Gasteiger partial charge in [-0.3, -0.25) is 4.79 Å². The Bertz CT molecular complexity index is 361. The van der Waals surface area contributed by atoms with E-state index in [0.717, 1.165) is 11.7 Å². The summed E-state index contributed by atoms with van der Waals surface area (Å²) in [5.74, 6) is 0.194. The lowest BCUT2D eigenvalue weighted by molar-refractivity contribution is -0.124. The number of nitrogens with one attached hydrogen (secondary N) is 1. The van der Waals surface area contributed by atoms with E-state index in [4.69, 9.17) is 0 Å². The van der Waals surface area contributed by atoms with E-state index in [1.807, 2.05) is 37.3 Å². The Hall–Kier alpha value is -1.14. The van der Waals surface area contributed by atoms with Gasteiger partial charge >= 0.3 is 0 Å². The SMILES string of the molecule is C=[P+](C)CC(C)C(=O)NCc1ccccc1. The minimum Gasteiger partial charge on any atom is -0.352 e. The molecule has 16 heavy (non-hydrogen) atoms. The molecule has 2 nitrogen and oxygen atoms in total. The van der Waals surface area contributed by atoms with Crippen molar-refractivity contribution in [2.45, 2.75) is 13.5 Å². The van der Waals surface area contributed by atoms with Crippen LogP contribution >= 0.6 is 7.55 Å². The van der Waals surface area contributed by atoms with Crippen LogP contribution in [0.25, 0.3) is 0 Å². The highest BCUT2D eigenvalue weighted by Gasteiger charge is 2.16. The van der Waals surface area contributed by atoms with Crippen LogP contribution in [0.3, 0.4) is 0 Å². The van der Waals surface area contributed by atoms with Crippen molar-refractivity contribution in [3.05, 3.63) is 35.9 Å². The summed E-state index contributed by atoms with van der Waals surface area (Å²) in [4.78, 5) is 11.7. The molecule has 0 radical (unpaired) electrons. The quantitative estimate of drug-likeness (QED) is 0.782. The van der Waals surface area contributed by atoms with Crippen LogP contribution in [-0.4, -0.2) is 25.0 Å². The highest BCUT2D eigenvalue weighted by atomic mass is 31.1. The Kier molecular flexibility index (Phi) is 5.21. The van der Waals surface area contributed by atoms with Crippen LogP contribution in [0.4, 0.5) is 0 Å². The molecule has 0 saturated carbocycles. The normalized spacial score (nSPS) is 13.0. The average molecular weight is 236 g/mol. The van der Waals surface area contributed by atoms with Crippen molar-refractivity contribution in [2.24, 2.45) is 5.92 Å². The van der Waals surface area contributed by atoms with Gasteiger partial charge in [0.05, 0.1) is 26.4 Å². The first kappa shape index (κ1) is 12.9. The molecule has 0 heterocycles. The topological polar surface area (TPSA) is 29.1 Å². The molecule has 0 aliphatic heterocycles. The van der Waals surface area contributed by atoms with Gasteiger partial charge in [0.1, 0.15) is 6.16 Å². The van der Waals surface area contributed by atoms with Crippen molar-refractivity contribution in [2.75, 3.05) is 12.8 Å². The monoisotopic (exact) mass is 236 g/mol. The minimum atomic E-state index is -0.248. The van der Waals surface area contributed by atoms with E-state index in [1.165, 1.54) is 0 Å². The maximum atomic E-state index is 11.7. The second-order valence-electron chi connectivity index (χ2n) is 4.14. The zero-order chi connectivity index (χ0) is 12.0. The van der Waals surface area contributed by atoms with E-state index >= 15 is 0 Å². The fraction of sp³-hybridized carbons (Fsp3) is 0.385. The van der Waals surface area contributed by atoms with Crippen LogP contribution in [0.2, 0.25) is 0 Å². The molecule has 1 N–H and O–H groups in total. The van der Waals surface area contributed by atoms with Crippen LogP contribution in [-0.2, 0) is 11.3 Å². The molecule has 1 aromatic rings. The van der Waals surface area contributed by atoms with E-state index in [0.29, 0.717) is 6.54 Å². The minimum absolute atomic E-state index is 0.0670.